The number of rotatable bonds is 7. The van der Waals surface area contributed by atoms with Crippen molar-refractivity contribution in [3.8, 4) is 11.5 Å². The molecule has 0 radical (unpaired) electrons. The molecule has 0 aliphatic rings. The van der Waals surface area contributed by atoms with Gasteiger partial charge in [-0.1, -0.05) is 23.7 Å². The van der Waals surface area contributed by atoms with Gasteiger partial charge in [0.25, 0.3) is 5.91 Å². The van der Waals surface area contributed by atoms with Gasteiger partial charge in [0.05, 0.1) is 5.52 Å². The lowest BCUT2D eigenvalue weighted by molar-refractivity contribution is 0.0951. The highest BCUT2D eigenvalue weighted by atomic mass is 35.5. The number of aromatic nitrogens is 1. The van der Waals surface area contributed by atoms with Crippen LogP contribution in [0.3, 0.4) is 0 Å². The monoisotopic (exact) mass is 433 g/mol. The van der Waals surface area contributed by atoms with E-state index in [0.717, 1.165) is 16.5 Å². The smallest absolute Gasteiger partial charge is 0.251 e. The molecule has 1 heterocycles. The molecular formula is C24H20ClN3O3. The molecule has 0 aliphatic heterocycles. The molecule has 0 aliphatic carbocycles. The zero-order valence-corrected chi connectivity index (χ0v) is 17.3. The van der Waals surface area contributed by atoms with E-state index in [0.29, 0.717) is 40.6 Å². The fourth-order valence-corrected chi connectivity index (χ4v) is 3.43. The maximum Gasteiger partial charge on any atom is 0.251 e. The highest BCUT2D eigenvalue weighted by Crippen LogP contribution is 2.31. The Morgan fingerprint density at radius 1 is 0.968 bits per heavy atom. The van der Waals surface area contributed by atoms with Gasteiger partial charge < -0.3 is 20.8 Å². The number of para-hydroxylation sites is 1. The van der Waals surface area contributed by atoms with E-state index in [1.165, 1.54) is 0 Å². The van der Waals surface area contributed by atoms with Crippen molar-refractivity contribution in [2.24, 2.45) is 5.73 Å². The van der Waals surface area contributed by atoms with Crippen LogP contribution in [0.15, 0.2) is 72.9 Å². The van der Waals surface area contributed by atoms with Gasteiger partial charge in [-0.15, -0.1) is 0 Å². The fourth-order valence-electron chi connectivity index (χ4n) is 3.30. The summed E-state index contributed by atoms with van der Waals surface area (Å²) >= 11 is 5.93. The van der Waals surface area contributed by atoms with E-state index in [-0.39, 0.29) is 5.91 Å². The highest BCUT2D eigenvalue weighted by molar-refractivity contribution is 6.30. The van der Waals surface area contributed by atoms with Gasteiger partial charge in [-0.2, -0.15) is 0 Å². The molecule has 0 unspecified atom stereocenters. The Bertz CT molecular complexity index is 1230. The standard InChI is InChI=1S/C24H20ClN3O3/c25-18-8-10-19(11-9-18)31-21-3-1-2-20-17(14-28-22(20)21)12-13-27-24(30)16-6-4-15(5-7-16)23(26)29/h1-11,14,28H,12-13H2,(H2,26,29)(H,27,30). The average molecular weight is 434 g/mol. The summed E-state index contributed by atoms with van der Waals surface area (Å²) in [7, 11) is 0. The predicted octanol–water partition coefficient (Wildman–Crippen LogP) is 4.69. The van der Waals surface area contributed by atoms with Crippen molar-refractivity contribution in [3.63, 3.8) is 0 Å². The first-order chi connectivity index (χ1) is 15.0. The normalized spacial score (nSPS) is 10.7. The number of ether oxygens (including phenoxy) is 1. The molecule has 1 aromatic heterocycles. The molecule has 6 nitrogen and oxygen atoms in total. The van der Waals surface area contributed by atoms with Crippen LogP contribution in [0, 0.1) is 0 Å². The van der Waals surface area contributed by atoms with E-state index in [4.69, 9.17) is 22.1 Å². The number of carbonyl (C=O) groups is 2. The molecule has 0 fully saturated rings. The molecule has 0 bridgehead atoms. The van der Waals surface area contributed by atoms with Crippen LogP contribution >= 0.6 is 11.6 Å². The number of amides is 2. The van der Waals surface area contributed by atoms with Crippen molar-refractivity contribution in [1.29, 1.82) is 0 Å². The van der Waals surface area contributed by atoms with E-state index in [2.05, 4.69) is 10.3 Å². The van der Waals surface area contributed by atoms with Gasteiger partial charge in [0, 0.05) is 34.3 Å². The maximum absolute atomic E-state index is 12.3. The number of fused-ring (bicyclic) bond motifs is 1. The van der Waals surface area contributed by atoms with Crippen LogP contribution in [0.4, 0.5) is 0 Å². The van der Waals surface area contributed by atoms with Crippen LogP contribution in [0.1, 0.15) is 26.3 Å². The molecule has 0 atom stereocenters. The molecule has 3 aromatic carbocycles. The van der Waals surface area contributed by atoms with Crippen molar-refractivity contribution in [2.75, 3.05) is 6.54 Å². The van der Waals surface area contributed by atoms with Crippen molar-refractivity contribution in [2.45, 2.75) is 6.42 Å². The number of nitrogens with two attached hydrogens (primary N) is 1. The number of halogens is 1. The molecule has 0 spiro atoms. The van der Waals surface area contributed by atoms with Crippen LogP contribution in [0.5, 0.6) is 11.5 Å². The number of aromatic amines is 1. The number of hydrogen-bond acceptors (Lipinski definition) is 3. The molecule has 4 aromatic rings. The third kappa shape index (κ3) is 4.70. The van der Waals surface area contributed by atoms with E-state index < -0.39 is 5.91 Å². The second-order valence-electron chi connectivity index (χ2n) is 7.00. The Kier molecular flexibility index (Phi) is 5.91. The molecule has 31 heavy (non-hydrogen) atoms. The quantitative estimate of drug-likeness (QED) is 0.394. The summed E-state index contributed by atoms with van der Waals surface area (Å²) in [5.74, 6) is 0.681. The maximum atomic E-state index is 12.3. The Labute approximate surface area is 184 Å². The molecule has 0 saturated carbocycles. The summed E-state index contributed by atoms with van der Waals surface area (Å²) in [4.78, 5) is 26.7. The molecule has 7 heteroatoms. The number of carbonyl (C=O) groups excluding carboxylic acids is 2. The SMILES string of the molecule is NC(=O)c1ccc(C(=O)NCCc2c[nH]c3c(Oc4ccc(Cl)cc4)cccc23)cc1. The summed E-state index contributed by atoms with van der Waals surface area (Å²) < 4.78 is 5.99. The Hall–Kier alpha value is -3.77. The lowest BCUT2D eigenvalue weighted by Crippen LogP contribution is -2.25. The van der Waals surface area contributed by atoms with Crippen LogP contribution in [0.2, 0.25) is 5.02 Å². The van der Waals surface area contributed by atoms with Crippen LogP contribution < -0.4 is 15.8 Å². The topological polar surface area (TPSA) is 97.2 Å². The summed E-state index contributed by atoms with van der Waals surface area (Å²) in [6.07, 6.45) is 2.57. The van der Waals surface area contributed by atoms with E-state index in [9.17, 15) is 9.59 Å². The Balaban J connectivity index is 1.41. The van der Waals surface area contributed by atoms with Crippen LogP contribution in [-0.2, 0) is 6.42 Å². The second kappa shape index (κ2) is 8.93. The lowest BCUT2D eigenvalue weighted by atomic mass is 10.1. The van der Waals surface area contributed by atoms with E-state index >= 15 is 0 Å². The minimum Gasteiger partial charge on any atom is -0.455 e. The minimum atomic E-state index is -0.522. The molecule has 156 valence electrons. The number of hydrogen-bond donors (Lipinski definition) is 3. The number of nitrogens with one attached hydrogen (secondary N) is 2. The van der Waals surface area contributed by atoms with Crippen LogP contribution in [-0.4, -0.2) is 23.3 Å². The van der Waals surface area contributed by atoms with E-state index in [1.807, 2.05) is 36.5 Å². The van der Waals surface area contributed by atoms with Gasteiger partial charge in [-0.25, -0.2) is 0 Å². The predicted molar refractivity (Wildman–Crippen MR) is 121 cm³/mol. The molecule has 4 N–H and O–H groups in total. The largest absolute Gasteiger partial charge is 0.455 e. The fraction of sp³-hybridized carbons (Fsp3) is 0.0833. The summed E-state index contributed by atoms with van der Waals surface area (Å²) in [5.41, 5.74) is 8.02. The highest BCUT2D eigenvalue weighted by Gasteiger charge is 2.11. The number of H-pyrrole nitrogens is 1. The van der Waals surface area contributed by atoms with Crippen molar-refractivity contribution in [1.82, 2.24) is 10.3 Å². The zero-order valence-electron chi connectivity index (χ0n) is 16.5. The molecule has 0 saturated heterocycles. The number of benzene rings is 3. The third-order valence-electron chi connectivity index (χ3n) is 4.92. The van der Waals surface area contributed by atoms with Gasteiger partial charge in [0.1, 0.15) is 5.75 Å². The first-order valence-electron chi connectivity index (χ1n) is 9.72. The summed E-state index contributed by atoms with van der Waals surface area (Å²) in [6.45, 7) is 0.464. The molecule has 2 amide bonds. The Morgan fingerprint density at radius 3 is 2.39 bits per heavy atom. The van der Waals surface area contributed by atoms with Crippen molar-refractivity contribution < 1.29 is 14.3 Å². The second-order valence-corrected chi connectivity index (χ2v) is 7.43. The average Bonchev–Trinajstić information content (AvgIpc) is 3.19. The van der Waals surface area contributed by atoms with Gasteiger partial charge in [0.2, 0.25) is 5.91 Å². The van der Waals surface area contributed by atoms with Gasteiger partial charge in [-0.3, -0.25) is 9.59 Å². The third-order valence-corrected chi connectivity index (χ3v) is 5.17. The minimum absolute atomic E-state index is 0.206. The van der Waals surface area contributed by atoms with Crippen LogP contribution in [0.25, 0.3) is 10.9 Å². The Morgan fingerprint density at radius 2 is 1.68 bits per heavy atom. The van der Waals surface area contributed by atoms with E-state index in [1.54, 1.807) is 36.4 Å². The van der Waals surface area contributed by atoms with Gasteiger partial charge >= 0.3 is 0 Å². The summed E-state index contributed by atoms with van der Waals surface area (Å²) in [6, 6.07) is 19.3. The molecule has 4 rings (SSSR count). The van der Waals surface area contributed by atoms with Crippen molar-refractivity contribution in [3.05, 3.63) is 94.6 Å². The molecular weight excluding hydrogens is 414 g/mol. The summed E-state index contributed by atoms with van der Waals surface area (Å²) in [5, 5.41) is 4.58. The van der Waals surface area contributed by atoms with Gasteiger partial charge in [0.15, 0.2) is 5.75 Å². The first-order valence-corrected chi connectivity index (χ1v) is 10.1. The first kappa shape index (κ1) is 20.5. The van der Waals surface area contributed by atoms with Gasteiger partial charge in [-0.05, 0) is 66.6 Å². The lowest BCUT2D eigenvalue weighted by Gasteiger charge is -2.08. The van der Waals surface area contributed by atoms with Crippen molar-refractivity contribution >= 4 is 34.3 Å². The number of primary amides is 1. The zero-order chi connectivity index (χ0) is 21.8.